The van der Waals surface area contributed by atoms with Crippen LogP contribution >= 0.6 is 0 Å². The molecule has 0 heterocycles. The van der Waals surface area contributed by atoms with Crippen LogP contribution in [-0.4, -0.2) is 19.0 Å². The normalized spacial score (nSPS) is 10.5. The van der Waals surface area contributed by atoms with E-state index in [1.807, 2.05) is 0 Å². The number of carbonyl (C=O) groups excluding carboxylic acids is 2. The summed E-state index contributed by atoms with van der Waals surface area (Å²) in [5, 5.41) is 0. The highest BCUT2D eigenvalue weighted by Gasteiger charge is 2.06. The highest BCUT2D eigenvalue weighted by molar-refractivity contribution is 5.90. The van der Waals surface area contributed by atoms with E-state index in [4.69, 9.17) is 4.74 Å². The lowest BCUT2D eigenvalue weighted by Crippen LogP contribution is -2.05. The summed E-state index contributed by atoms with van der Waals surface area (Å²) in [4.78, 5) is 22.9. The third-order valence-corrected chi connectivity index (χ3v) is 2.78. The minimum Gasteiger partial charge on any atom is -0.465 e. The van der Waals surface area contributed by atoms with Gasteiger partial charge < -0.3 is 9.47 Å². The number of carbonyl (C=O) groups is 2. The van der Waals surface area contributed by atoms with Crippen LogP contribution < -0.4 is 4.74 Å². The first-order chi connectivity index (χ1) is 10.6. The average Bonchev–Trinajstić information content (AvgIpc) is 2.54. The third-order valence-electron chi connectivity index (χ3n) is 2.78. The van der Waals surface area contributed by atoms with Crippen molar-refractivity contribution in [2.75, 3.05) is 7.11 Å². The molecule has 0 unspecified atom stereocenters. The Morgan fingerprint density at radius 3 is 2.23 bits per heavy atom. The van der Waals surface area contributed by atoms with Crippen molar-refractivity contribution < 1.29 is 23.5 Å². The van der Waals surface area contributed by atoms with Crippen LogP contribution in [0.15, 0.2) is 54.6 Å². The molecule has 0 saturated carbocycles. The zero-order chi connectivity index (χ0) is 15.9. The lowest BCUT2D eigenvalue weighted by molar-refractivity contribution is -0.128. The second-order valence-corrected chi connectivity index (χ2v) is 4.32. The highest BCUT2D eigenvalue weighted by atomic mass is 19.1. The van der Waals surface area contributed by atoms with Gasteiger partial charge >= 0.3 is 11.9 Å². The molecule has 0 bridgehead atoms. The second kappa shape index (κ2) is 7.17. The van der Waals surface area contributed by atoms with Gasteiger partial charge in [-0.05, 0) is 48.0 Å². The average molecular weight is 300 g/mol. The molecule has 0 spiro atoms. The van der Waals surface area contributed by atoms with Gasteiger partial charge in [0.1, 0.15) is 11.6 Å². The predicted octanol–water partition coefficient (Wildman–Crippen LogP) is 3.23. The Morgan fingerprint density at radius 1 is 1.00 bits per heavy atom. The van der Waals surface area contributed by atoms with Crippen LogP contribution in [0.25, 0.3) is 6.08 Å². The van der Waals surface area contributed by atoms with Crippen LogP contribution in [0.1, 0.15) is 15.9 Å². The van der Waals surface area contributed by atoms with Crippen LogP contribution in [0.2, 0.25) is 0 Å². The van der Waals surface area contributed by atoms with Crippen LogP contribution in [0, 0.1) is 5.82 Å². The van der Waals surface area contributed by atoms with Crippen LogP contribution in [0.3, 0.4) is 0 Å². The molecule has 0 amide bonds. The summed E-state index contributed by atoms with van der Waals surface area (Å²) >= 11 is 0. The number of methoxy groups -OCH3 is 1. The minimum absolute atomic E-state index is 0.307. The fourth-order valence-electron chi connectivity index (χ4n) is 1.67. The molecule has 0 aliphatic heterocycles. The van der Waals surface area contributed by atoms with Crippen molar-refractivity contribution >= 4 is 18.0 Å². The van der Waals surface area contributed by atoms with E-state index in [1.165, 1.54) is 55.7 Å². The van der Waals surface area contributed by atoms with E-state index in [9.17, 15) is 14.0 Å². The van der Waals surface area contributed by atoms with Crippen molar-refractivity contribution in [2.24, 2.45) is 0 Å². The summed E-state index contributed by atoms with van der Waals surface area (Å²) in [5.74, 6) is -1.07. The number of ether oxygens (including phenoxy) is 2. The van der Waals surface area contributed by atoms with Gasteiger partial charge in [-0.15, -0.1) is 0 Å². The summed E-state index contributed by atoms with van der Waals surface area (Å²) in [5.41, 5.74) is 1.04. The van der Waals surface area contributed by atoms with Gasteiger partial charge in [-0.2, -0.15) is 0 Å². The van der Waals surface area contributed by atoms with Crippen LogP contribution in [0.5, 0.6) is 5.75 Å². The predicted molar refractivity (Wildman–Crippen MR) is 78.9 cm³/mol. The van der Waals surface area contributed by atoms with Crippen molar-refractivity contribution in [3.05, 3.63) is 71.6 Å². The number of halogens is 1. The molecule has 2 aromatic rings. The number of hydrogen-bond acceptors (Lipinski definition) is 4. The molecule has 0 atom stereocenters. The maximum absolute atomic E-state index is 12.7. The summed E-state index contributed by atoms with van der Waals surface area (Å²) in [6, 6.07) is 11.7. The van der Waals surface area contributed by atoms with E-state index in [-0.39, 0.29) is 5.82 Å². The summed E-state index contributed by atoms with van der Waals surface area (Å²) in [7, 11) is 1.29. The monoisotopic (exact) mass is 300 g/mol. The molecule has 0 aliphatic rings. The quantitative estimate of drug-likeness (QED) is 0.494. The summed E-state index contributed by atoms with van der Waals surface area (Å²) in [6.07, 6.45) is 2.76. The van der Waals surface area contributed by atoms with Crippen molar-refractivity contribution in [1.82, 2.24) is 0 Å². The Labute approximate surface area is 126 Å². The Hall–Kier alpha value is -2.95. The van der Waals surface area contributed by atoms with Crippen molar-refractivity contribution in [2.45, 2.75) is 0 Å². The fourth-order valence-corrected chi connectivity index (χ4v) is 1.67. The number of hydrogen-bond donors (Lipinski definition) is 0. The molecule has 112 valence electrons. The molecule has 0 aromatic heterocycles. The Bertz CT molecular complexity index is 688. The third kappa shape index (κ3) is 4.28. The van der Waals surface area contributed by atoms with Crippen LogP contribution in [0.4, 0.5) is 4.39 Å². The molecular weight excluding hydrogens is 287 g/mol. The van der Waals surface area contributed by atoms with Gasteiger partial charge in [0.25, 0.3) is 0 Å². The molecule has 0 radical (unpaired) electrons. The van der Waals surface area contributed by atoms with Gasteiger partial charge in [0.05, 0.1) is 12.7 Å². The Balaban J connectivity index is 1.97. The van der Waals surface area contributed by atoms with E-state index in [2.05, 4.69) is 4.74 Å². The summed E-state index contributed by atoms with van der Waals surface area (Å²) < 4.78 is 22.4. The molecule has 0 saturated heterocycles. The van der Waals surface area contributed by atoms with Gasteiger partial charge in [0.2, 0.25) is 0 Å². The van der Waals surface area contributed by atoms with Gasteiger partial charge in [-0.25, -0.2) is 14.0 Å². The van der Waals surface area contributed by atoms with Crippen molar-refractivity contribution in [1.29, 1.82) is 0 Å². The number of esters is 2. The Morgan fingerprint density at radius 2 is 1.64 bits per heavy atom. The smallest absolute Gasteiger partial charge is 0.337 e. The molecule has 4 nitrogen and oxygen atoms in total. The lowest BCUT2D eigenvalue weighted by atomic mass is 10.2. The largest absolute Gasteiger partial charge is 0.465 e. The minimum atomic E-state index is -0.574. The second-order valence-electron chi connectivity index (χ2n) is 4.32. The number of rotatable bonds is 4. The van der Waals surface area contributed by atoms with E-state index in [0.717, 1.165) is 0 Å². The topological polar surface area (TPSA) is 52.6 Å². The van der Waals surface area contributed by atoms with Crippen molar-refractivity contribution in [3.8, 4) is 5.75 Å². The van der Waals surface area contributed by atoms with Gasteiger partial charge in [0.15, 0.2) is 0 Å². The Kier molecular flexibility index (Phi) is 5.03. The molecule has 0 N–H and O–H groups in total. The molecule has 0 fully saturated rings. The SMILES string of the molecule is COC(=O)c1ccc(OC(=O)/C=C/c2ccc(F)cc2)cc1. The fraction of sp³-hybridized carbons (Fsp3) is 0.0588. The maximum Gasteiger partial charge on any atom is 0.337 e. The van der Waals surface area contributed by atoms with Gasteiger partial charge in [-0.1, -0.05) is 12.1 Å². The van der Waals surface area contributed by atoms with E-state index >= 15 is 0 Å². The zero-order valence-corrected chi connectivity index (χ0v) is 11.8. The molecule has 0 aliphatic carbocycles. The van der Waals surface area contributed by atoms with Gasteiger partial charge in [0, 0.05) is 6.08 Å². The molecule has 22 heavy (non-hydrogen) atoms. The van der Waals surface area contributed by atoms with E-state index in [0.29, 0.717) is 16.9 Å². The standard InChI is InChI=1S/C17H13FO4/c1-21-17(20)13-5-9-15(10-6-13)22-16(19)11-4-12-2-7-14(18)8-3-12/h2-11H,1H3/b11-4+. The van der Waals surface area contributed by atoms with Crippen molar-refractivity contribution in [3.63, 3.8) is 0 Å². The van der Waals surface area contributed by atoms with Crippen LogP contribution in [-0.2, 0) is 9.53 Å². The maximum atomic E-state index is 12.7. The van der Waals surface area contributed by atoms with Gasteiger partial charge in [-0.3, -0.25) is 0 Å². The zero-order valence-electron chi connectivity index (χ0n) is 11.8. The van der Waals surface area contributed by atoms with E-state index < -0.39 is 11.9 Å². The highest BCUT2D eigenvalue weighted by Crippen LogP contribution is 2.13. The first kappa shape index (κ1) is 15.4. The molecular formula is C17H13FO4. The van der Waals surface area contributed by atoms with E-state index in [1.54, 1.807) is 12.1 Å². The first-order valence-corrected chi connectivity index (χ1v) is 6.42. The molecule has 5 heteroatoms. The molecule has 2 rings (SSSR count). The first-order valence-electron chi connectivity index (χ1n) is 6.42. The number of benzene rings is 2. The molecule has 2 aromatic carbocycles. The summed E-state index contributed by atoms with van der Waals surface area (Å²) in [6.45, 7) is 0. The lowest BCUT2D eigenvalue weighted by Gasteiger charge is -2.02.